The van der Waals surface area contributed by atoms with Crippen LogP contribution in [0.3, 0.4) is 0 Å². The molecule has 0 aromatic carbocycles. The molecule has 0 aliphatic heterocycles. The number of sulfonamides is 1. The van der Waals surface area contributed by atoms with Gasteiger partial charge in [-0.05, 0) is 13.3 Å². The Morgan fingerprint density at radius 3 is 2.82 bits per heavy atom. The zero-order chi connectivity index (χ0) is 13.1. The second-order valence-corrected chi connectivity index (χ2v) is 5.85. The van der Waals surface area contributed by atoms with Crippen LogP contribution in [0.4, 0.5) is 0 Å². The van der Waals surface area contributed by atoms with Crippen molar-refractivity contribution in [1.29, 1.82) is 5.26 Å². The lowest BCUT2D eigenvalue weighted by Crippen LogP contribution is -2.31. The largest absolute Gasteiger partial charge is 0.275 e. The van der Waals surface area contributed by atoms with Crippen molar-refractivity contribution in [1.82, 2.24) is 14.5 Å². The standard InChI is InChI=1S/C10H16N4O2S/c1-4-10-9(7-14(3)13-10)6-12-17(15,16)8(2)5-11/h7-8,12H,4,6H2,1-3H3. The molecule has 1 unspecified atom stereocenters. The van der Waals surface area contributed by atoms with Gasteiger partial charge in [0.05, 0.1) is 11.8 Å². The van der Waals surface area contributed by atoms with Crippen molar-refractivity contribution in [2.45, 2.75) is 32.1 Å². The summed E-state index contributed by atoms with van der Waals surface area (Å²) in [5.74, 6) is 0. The van der Waals surface area contributed by atoms with Crippen LogP contribution in [-0.4, -0.2) is 23.4 Å². The molecule has 7 heteroatoms. The molecule has 94 valence electrons. The highest BCUT2D eigenvalue weighted by Crippen LogP contribution is 2.08. The van der Waals surface area contributed by atoms with Crippen LogP contribution in [0.1, 0.15) is 25.1 Å². The molecular formula is C10H16N4O2S. The summed E-state index contributed by atoms with van der Waals surface area (Å²) in [6.45, 7) is 3.48. The first kappa shape index (κ1) is 13.7. The van der Waals surface area contributed by atoms with Crippen LogP contribution in [0.25, 0.3) is 0 Å². The SMILES string of the molecule is CCc1nn(C)cc1CNS(=O)(=O)C(C)C#N. The zero-order valence-corrected chi connectivity index (χ0v) is 11.0. The van der Waals surface area contributed by atoms with Crippen molar-refractivity contribution in [3.05, 3.63) is 17.5 Å². The fraction of sp³-hybridized carbons (Fsp3) is 0.600. The smallest absolute Gasteiger partial charge is 0.227 e. The van der Waals surface area contributed by atoms with Crippen molar-refractivity contribution in [2.75, 3.05) is 0 Å². The van der Waals surface area contributed by atoms with Gasteiger partial charge in [0.15, 0.2) is 5.25 Å². The monoisotopic (exact) mass is 256 g/mol. The topological polar surface area (TPSA) is 87.8 Å². The molecule has 0 bridgehead atoms. The van der Waals surface area contributed by atoms with Gasteiger partial charge in [0.25, 0.3) is 0 Å². The van der Waals surface area contributed by atoms with E-state index < -0.39 is 15.3 Å². The van der Waals surface area contributed by atoms with Crippen LogP contribution < -0.4 is 4.72 Å². The maximum Gasteiger partial charge on any atom is 0.227 e. The van der Waals surface area contributed by atoms with E-state index in [-0.39, 0.29) is 6.54 Å². The molecule has 1 heterocycles. The third-order valence-electron chi connectivity index (χ3n) is 2.44. The predicted octanol–water partition coefficient (Wildman–Crippen LogP) is 0.314. The average Bonchev–Trinajstić information content (AvgIpc) is 2.66. The molecule has 1 rings (SSSR count). The van der Waals surface area contributed by atoms with E-state index >= 15 is 0 Å². The van der Waals surface area contributed by atoms with Crippen molar-refractivity contribution in [3.8, 4) is 6.07 Å². The minimum Gasteiger partial charge on any atom is -0.275 e. The van der Waals surface area contributed by atoms with E-state index in [2.05, 4.69) is 9.82 Å². The summed E-state index contributed by atoms with van der Waals surface area (Å²) in [7, 11) is -1.79. The fourth-order valence-corrected chi connectivity index (χ4v) is 2.15. The summed E-state index contributed by atoms with van der Waals surface area (Å²) >= 11 is 0. The molecule has 0 aliphatic carbocycles. The molecule has 0 fully saturated rings. The van der Waals surface area contributed by atoms with Crippen molar-refractivity contribution in [3.63, 3.8) is 0 Å². The Morgan fingerprint density at radius 1 is 1.65 bits per heavy atom. The van der Waals surface area contributed by atoms with Crippen molar-refractivity contribution < 1.29 is 8.42 Å². The summed E-state index contributed by atoms with van der Waals surface area (Å²) < 4.78 is 27.2. The highest BCUT2D eigenvalue weighted by Gasteiger charge is 2.20. The van der Waals surface area contributed by atoms with Crippen LogP contribution in [0.5, 0.6) is 0 Å². The van der Waals surface area contributed by atoms with Crippen molar-refractivity contribution in [2.24, 2.45) is 7.05 Å². The molecule has 17 heavy (non-hydrogen) atoms. The first-order valence-electron chi connectivity index (χ1n) is 5.30. The van der Waals surface area contributed by atoms with Crippen molar-refractivity contribution >= 4 is 10.0 Å². The minimum atomic E-state index is -3.57. The first-order chi connectivity index (χ1) is 7.90. The van der Waals surface area contributed by atoms with Gasteiger partial charge in [0, 0.05) is 25.4 Å². The lowest BCUT2D eigenvalue weighted by Gasteiger charge is -2.07. The van der Waals surface area contributed by atoms with E-state index in [0.29, 0.717) is 0 Å². The van der Waals surface area contributed by atoms with Gasteiger partial charge in [-0.25, -0.2) is 13.1 Å². The highest BCUT2D eigenvalue weighted by molar-refractivity contribution is 7.90. The van der Waals surface area contributed by atoms with Crippen LogP contribution in [-0.2, 0) is 30.0 Å². The Balaban J connectivity index is 2.78. The molecule has 0 amide bonds. The Kier molecular flexibility index (Phi) is 4.26. The van der Waals surface area contributed by atoms with E-state index in [1.54, 1.807) is 24.0 Å². The number of rotatable bonds is 5. The van der Waals surface area contributed by atoms with Gasteiger partial charge in [0.1, 0.15) is 0 Å². The number of nitriles is 1. The Morgan fingerprint density at radius 2 is 2.29 bits per heavy atom. The Hall–Kier alpha value is -1.39. The van der Waals surface area contributed by atoms with Gasteiger partial charge in [-0.15, -0.1) is 0 Å². The molecule has 1 aromatic heterocycles. The van der Waals surface area contributed by atoms with Crippen LogP contribution >= 0.6 is 0 Å². The number of hydrogen-bond acceptors (Lipinski definition) is 4. The highest BCUT2D eigenvalue weighted by atomic mass is 32.2. The average molecular weight is 256 g/mol. The molecule has 0 saturated heterocycles. The summed E-state index contributed by atoms with van der Waals surface area (Å²) in [5.41, 5.74) is 1.70. The molecule has 0 aliphatic rings. The quantitative estimate of drug-likeness (QED) is 0.821. The van der Waals surface area contributed by atoms with Crippen LogP contribution in [0, 0.1) is 11.3 Å². The molecule has 1 N–H and O–H groups in total. The number of aryl methyl sites for hydroxylation is 2. The molecule has 0 radical (unpaired) electrons. The van der Waals surface area contributed by atoms with E-state index in [9.17, 15) is 8.42 Å². The predicted molar refractivity (Wildman–Crippen MR) is 63.4 cm³/mol. The van der Waals surface area contributed by atoms with E-state index in [4.69, 9.17) is 5.26 Å². The van der Waals surface area contributed by atoms with E-state index in [0.717, 1.165) is 17.7 Å². The van der Waals surface area contributed by atoms with Crippen LogP contribution in [0.2, 0.25) is 0 Å². The van der Waals surface area contributed by atoms with Gasteiger partial charge in [-0.3, -0.25) is 4.68 Å². The Bertz CT molecular complexity index is 527. The molecule has 0 spiro atoms. The van der Waals surface area contributed by atoms with Crippen LogP contribution in [0.15, 0.2) is 6.20 Å². The number of hydrogen-bond donors (Lipinski definition) is 1. The summed E-state index contributed by atoms with van der Waals surface area (Å²) in [5, 5.41) is 11.7. The summed E-state index contributed by atoms with van der Waals surface area (Å²) in [6, 6.07) is 1.70. The van der Waals surface area contributed by atoms with Gasteiger partial charge in [0.2, 0.25) is 10.0 Å². The summed E-state index contributed by atoms with van der Waals surface area (Å²) in [6.07, 6.45) is 2.52. The molecule has 0 saturated carbocycles. The fourth-order valence-electron chi connectivity index (χ4n) is 1.40. The maximum absolute atomic E-state index is 11.6. The third kappa shape index (κ3) is 3.28. The Labute approximate surface area is 101 Å². The molecule has 1 atom stereocenters. The summed E-state index contributed by atoms with van der Waals surface area (Å²) in [4.78, 5) is 0. The van der Waals surface area contributed by atoms with E-state index in [1.807, 2.05) is 6.92 Å². The first-order valence-corrected chi connectivity index (χ1v) is 6.84. The molecular weight excluding hydrogens is 240 g/mol. The molecule has 6 nitrogen and oxygen atoms in total. The molecule has 1 aromatic rings. The van der Waals surface area contributed by atoms with E-state index in [1.165, 1.54) is 6.92 Å². The normalized spacial score (nSPS) is 13.3. The third-order valence-corrected chi connectivity index (χ3v) is 4.02. The second kappa shape index (κ2) is 5.29. The lowest BCUT2D eigenvalue weighted by molar-refractivity contribution is 0.576. The number of nitrogens with one attached hydrogen (secondary N) is 1. The lowest BCUT2D eigenvalue weighted by atomic mass is 10.2. The second-order valence-electron chi connectivity index (χ2n) is 3.77. The maximum atomic E-state index is 11.6. The number of nitrogens with zero attached hydrogens (tertiary/aromatic N) is 3. The van der Waals surface area contributed by atoms with Gasteiger partial charge < -0.3 is 0 Å². The van der Waals surface area contributed by atoms with Gasteiger partial charge in [-0.2, -0.15) is 10.4 Å². The van der Waals surface area contributed by atoms with Gasteiger partial charge in [-0.1, -0.05) is 6.92 Å². The minimum absolute atomic E-state index is 0.172. The van der Waals surface area contributed by atoms with Gasteiger partial charge >= 0.3 is 0 Å². The zero-order valence-electron chi connectivity index (χ0n) is 10.1. The number of aromatic nitrogens is 2.